The highest BCUT2D eigenvalue weighted by atomic mass is 16.5. The summed E-state index contributed by atoms with van der Waals surface area (Å²) in [4.78, 5) is 10.4. The van der Waals surface area contributed by atoms with Gasteiger partial charge in [0, 0.05) is 25.3 Å². The van der Waals surface area contributed by atoms with Crippen LogP contribution in [0.3, 0.4) is 0 Å². The van der Waals surface area contributed by atoms with Crippen molar-refractivity contribution in [3.8, 4) is 0 Å². The maximum absolute atomic E-state index is 10.4. The summed E-state index contributed by atoms with van der Waals surface area (Å²) >= 11 is 0. The summed E-state index contributed by atoms with van der Waals surface area (Å²) in [7, 11) is 1.64. The van der Waals surface area contributed by atoms with Crippen molar-refractivity contribution in [2.24, 2.45) is 0 Å². The third kappa shape index (κ3) is 6.31. The average Bonchev–Trinajstić information content (AvgIpc) is 2.04. The standard InChI is InChI=1S/C9H17NO3/c1-7(9(11)12)4-5-10-8(2)6-13-3/h4,8,10H,5-6H2,1-3H3,(H,11,12)/b7-4-. The van der Waals surface area contributed by atoms with Gasteiger partial charge in [-0.3, -0.25) is 0 Å². The van der Waals surface area contributed by atoms with E-state index in [1.807, 2.05) is 6.92 Å². The first-order valence-corrected chi connectivity index (χ1v) is 4.20. The number of aliphatic carboxylic acids is 1. The molecule has 0 aliphatic carbocycles. The van der Waals surface area contributed by atoms with E-state index in [0.29, 0.717) is 18.7 Å². The smallest absolute Gasteiger partial charge is 0.330 e. The Hall–Kier alpha value is -0.870. The van der Waals surface area contributed by atoms with Gasteiger partial charge in [0.1, 0.15) is 0 Å². The van der Waals surface area contributed by atoms with Crippen LogP contribution in [-0.4, -0.2) is 37.4 Å². The van der Waals surface area contributed by atoms with Crippen LogP contribution in [0, 0.1) is 0 Å². The quantitative estimate of drug-likeness (QED) is 0.599. The molecule has 0 radical (unpaired) electrons. The Bertz CT molecular complexity index is 189. The second-order valence-electron chi connectivity index (χ2n) is 2.96. The molecule has 1 unspecified atom stereocenters. The first kappa shape index (κ1) is 12.1. The largest absolute Gasteiger partial charge is 0.478 e. The Kier molecular flexibility index (Phi) is 6.18. The minimum atomic E-state index is -0.874. The molecule has 4 nitrogen and oxygen atoms in total. The molecule has 0 aromatic heterocycles. The fraction of sp³-hybridized carbons (Fsp3) is 0.667. The first-order chi connectivity index (χ1) is 6.07. The number of carboxylic acid groups (broad SMARTS) is 1. The lowest BCUT2D eigenvalue weighted by atomic mass is 10.3. The molecule has 13 heavy (non-hydrogen) atoms. The lowest BCUT2D eigenvalue weighted by molar-refractivity contribution is -0.132. The zero-order valence-electron chi connectivity index (χ0n) is 8.33. The summed E-state index contributed by atoms with van der Waals surface area (Å²) in [6.07, 6.45) is 1.65. The van der Waals surface area contributed by atoms with E-state index in [0.717, 1.165) is 0 Å². The summed E-state index contributed by atoms with van der Waals surface area (Å²) in [6, 6.07) is 0.239. The van der Waals surface area contributed by atoms with Crippen molar-refractivity contribution in [1.29, 1.82) is 0 Å². The fourth-order valence-corrected chi connectivity index (χ4v) is 0.809. The molecule has 0 aromatic carbocycles. The number of carbonyl (C=O) groups is 1. The second kappa shape index (κ2) is 6.62. The molecule has 0 amide bonds. The molecule has 0 heterocycles. The van der Waals surface area contributed by atoms with Crippen LogP contribution in [-0.2, 0) is 9.53 Å². The van der Waals surface area contributed by atoms with Crippen LogP contribution in [0.4, 0.5) is 0 Å². The Morgan fingerprint density at radius 3 is 2.77 bits per heavy atom. The molecule has 76 valence electrons. The summed E-state index contributed by atoms with van der Waals surface area (Å²) in [5, 5.41) is 11.6. The highest BCUT2D eigenvalue weighted by molar-refractivity contribution is 5.85. The van der Waals surface area contributed by atoms with Crippen LogP contribution in [0.15, 0.2) is 11.6 Å². The van der Waals surface area contributed by atoms with Gasteiger partial charge >= 0.3 is 5.97 Å². The molecule has 0 rings (SSSR count). The van der Waals surface area contributed by atoms with Gasteiger partial charge in [0.25, 0.3) is 0 Å². The molecule has 0 aliphatic rings. The third-order valence-electron chi connectivity index (χ3n) is 1.63. The molecule has 0 bridgehead atoms. The zero-order chi connectivity index (χ0) is 10.3. The van der Waals surface area contributed by atoms with Gasteiger partial charge in [-0.25, -0.2) is 4.79 Å². The number of hydrogen-bond acceptors (Lipinski definition) is 3. The summed E-state index contributed by atoms with van der Waals surface area (Å²) in [5.41, 5.74) is 0.358. The topological polar surface area (TPSA) is 58.6 Å². The normalized spacial score (nSPS) is 14.2. The Morgan fingerprint density at radius 2 is 2.31 bits per heavy atom. The maximum atomic E-state index is 10.4. The van der Waals surface area contributed by atoms with E-state index < -0.39 is 5.97 Å². The zero-order valence-corrected chi connectivity index (χ0v) is 8.33. The molecule has 0 fully saturated rings. The van der Waals surface area contributed by atoms with Crippen LogP contribution in [0.2, 0.25) is 0 Å². The highest BCUT2D eigenvalue weighted by Crippen LogP contribution is 1.90. The van der Waals surface area contributed by atoms with Crippen LogP contribution >= 0.6 is 0 Å². The Labute approximate surface area is 78.6 Å². The van der Waals surface area contributed by atoms with Crippen molar-refractivity contribution in [2.45, 2.75) is 19.9 Å². The van der Waals surface area contributed by atoms with E-state index >= 15 is 0 Å². The van der Waals surface area contributed by atoms with Gasteiger partial charge in [0.05, 0.1) is 6.61 Å². The van der Waals surface area contributed by atoms with Crippen molar-refractivity contribution in [1.82, 2.24) is 5.32 Å². The van der Waals surface area contributed by atoms with Gasteiger partial charge in [-0.05, 0) is 13.8 Å². The third-order valence-corrected chi connectivity index (χ3v) is 1.63. The summed E-state index contributed by atoms with van der Waals surface area (Å²) in [6.45, 7) is 4.74. The van der Waals surface area contributed by atoms with E-state index in [1.54, 1.807) is 20.1 Å². The molecule has 0 saturated heterocycles. The van der Waals surface area contributed by atoms with Gasteiger partial charge in [0.2, 0.25) is 0 Å². The van der Waals surface area contributed by atoms with Crippen LogP contribution in [0.1, 0.15) is 13.8 Å². The maximum Gasteiger partial charge on any atom is 0.330 e. The fourth-order valence-electron chi connectivity index (χ4n) is 0.809. The molecular weight excluding hydrogens is 170 g/mol. The van der Waals surface area contributed by atoms with Gasteiger partial charge in [0.15, 0.2) is 0 Å². The molecule has 0 aliphatic heterocycles. The lowest BCUT2D eigenvalue weighted by Crippen LogP contribution is -2.30. The van der Waals surface area contributed by atoms with Gasteiger partial charge in [-0.1, -0.05) is 6.08 Å². The van der Waals surface area contributed by atoms with E-state index in [4.69, 9.17) is 9.84 Å². The average molecular weight is 187 g/mol. The van der Waals surface area contributed by atoms with Gasteiger partial charge < -0.3 is 15.2 Å². The van der Waals surface area contributed by atoms with Crippen molar-refractivity contribution in [3.05, 3.63) is 11.6 Å². The number of ether oxygens (including phenoxy) is 1. The number of hydrogen-bond donors (Lipinski definition) is 2. The van der Waals surface area contributed by atoms with Crippen LogP contribution < -0.4 is 5.32 Å². The van der Waals surface area contributed by atoms with Crippen LogP contribution in [0.5, 0.6) is 0 Å². The van der Waals surface area contributed by atoms with Crippen molar-refractivity contribution in [2.75, 3.05) is 20.3 Å². The molecule has 0 saturated carbocycles. The lowest BCUT2D eigenvalue weighted by Gasteiger charge is -2.10. The van der Waals surface area contributed by atoms with E-state index in [-0.39, 0.29) is 6.04 Å². The number of carboxylic acids is 1. The highest BCUT2D eigenvalue weighted by Gasteiger charge is 2.00. The Morgan fingerprint density at radius 1 is 1.69 bits per heavy atom. The number of methoxy groups -OCH3 is 1. The minimum absolute atomic E-state index is 0.239. The first-order valence-electron chi connectivity index (χ1n) is 4.20. The van der Waals surface area contributed by atoms with Gasteiger partial charge in [-0.15, -0.1) is 0 Å². The predicted molar refractivity (Wildman–Crippen MR) is 50.7 cm³/mol. The minimum Gasteiger partial charge on any atom is -0.478 e. The molecule has 0 spiro atoms. The van der Waals surface area contributed by atoms with Crippen molar-refractivity contribution in [3.63, 3.8) is 0 Å². The number of nitrogens with one attached hydrogen (secondary N) is 1. The van der Waals surface area contributed by atoms with Crippen LogP contribution in [0.25, 0.3) is 0 Å². The monoisotopic (exact) mass is 187 g/mol. The van der Waals surface area contributed by atoms with Gasteiger partial charge in [-0.2, -0.15) is 0 Å². The summed E-state index contributed by atoms with van der Waals surface area (Å²) < 4.78 is 4.91. The second-order valence-corrected chi connectivity index (χ2v) is 2.96. The Balaban J connectivity index is 3.65. The van der Waals surface area contributed by atoms with Crippen molar-refractivity contribution < 1.29 is 14.6 Å². The molecule has 1 atom stereocenters. The summed E-state index contributed by atoms with van der Waals surface area (Å²) in [5.74, 6) is -0.874. The van der Waals surface area contributed by atoms with Crippen molar-refractivity contribution >= 4 is 5.97 Å². The SMILES string of the molecule is COCC(C)NC/C=C(/C)C(=O)O. The van der Waals surface area contributed by atoms with E-state index in [9.17, 15) is 4.79 Å². The predicted octanol–water partition coefficient (Wildman–Crippen LogP) is 0.642. The molecule has 4 heteroatoms. The molecular formula is C9H17NO3. The van der Waals surface area contributed by atoms with E-state index in [2.05, 4.69) is 5.32 Å². The molecule has 0 aromatic rings. The molecule has 2 N–H and O–H groups in total. The number of rotatable bonds is 6. The van der Waals surface area contributed by atoms with E-state index in [1.165, 1.54) is 0 Å².